The van der Waals surface area contributed by atoms with Crippen molar-refractivity contribution in [1.82, 2.24) is 15.0 Å². The summed E-state index contributed by atoms with van der Waals surface area (Å²) in [6.07, 6.45) is 3.80. The molecule has 15 heavy (non-hydrogen) atoms. The monoisotopic (exact) mass is 265 g/mol. The van der Waals surface area contributed by atoms with Crippen LogP contribution in [0.5, 0.6) is 0 Å². The molecule has 1 aromatic carbocycles. The maximum Gasteiger partial charge on any atom is 0.113 e. The number of hydrogen-bond acceptors (Lipinski definition) is 2. The first-order valence-electron chi connectivity index (χ1n) is 5.27. The third-order valence-electron chi connectivity index (χ3n) is 3.17. The number of aryl methyl sites for hydroxylation is 1. The number of benzene rings is 1. The number of aromatic nitrogens is 3. The lowest BCUT2D eigenvalue weighted by Crippen LogP contribution is -2.18. The zero-order valence-electron chi connectivity index (χ0n) is 8.57. The van der Waals surface area contributed by atoms with Crippen LogP contribution >= 0.6 is 15.9 Å². The van der Waals surface area contributed by atoms with Gasteiger partial charge in [-0.1, -0.05) is 21.1 Å². The molecule has 0 radical (unpaired) electrons. The average molecular weight is 266 g/mol. The topological polar surface area (TPSA) is 30.7 Å². The molecule has 0 atom stereocenters. The van der Waals surface area contributed by atoms with E-state index in [2.05, 4.69) is 50.0 Å². The molecule has 1 aliphatic carbocycles. The van der Waals surface area contributed by atoms with Gasteiger partial charge in [-0.25, -0.2) is 4.68 Å². The summed E-state index contributed by atoms with van der Waals surface area (Å²) < 4.78 is 3.21. The fourth-order valence-corrected chi connectivity index (χ4v) is 2.30. The minimum atomic E-state index is 0.574. The molecule has 1 saturated carbocycles. The first kappa shape index (κ1) is 9.33. The van der Waals surface area contributed by atoms with Crippen LogP contribution in [0.3, 0.4) is 0 Å². The van der Waals surface area contributed by atoms with Crippen molar-refractivity contribution >= 4 is 27.0 Å². The standard InChI is InChI=1S/C11H12BrN3/c1-7-5-10-11(6-9(7)12)15(14-13-10)8-3-2-4-8/h5-6,8H,2-4H2,1H3. The summed E-state index contributed by atoms with van der Waals surface area (Å²) in [4.78, 5) is 0. The molecule has 0 saturated heterocycles. The van der Waals surface area contributed by atoms with Gasteiger partial charge in [-0.2, -0.15) is 0 Å². The molecule has 78 valence electrons. The minimum absolute atomic E-state index is 0.574. The Balaban J connectivity index is 2.19. The molecule has 0 N–H and O–H groups in total. The van der Waals surface area contributed by atoms with Crippen LogP contribution in [0.4, 0.5) is 0 Å². The van der Waals surface area contributed by atoms with E-state index in [-0.39, 0.29) is 0 Å². The third kappa shape index (κ3) is 1.39. The number of hydrogen-bond donors (Lipinski definition) is 0. The molecule has 3 rings (SSSR count). The average Bonchev–Trinajstić information content (AvgIpc) is 2.48. The van der Waals surface area contributed by atoms with Crippen LogP contribution in [0.2, 0.25) is 0 Å². The van der Waals surface area contributed by atoms with Crippen LogP contribution in [0.1, 0.15) is 30.9 Å². The molecular formula is C11H12BrN3. The first-order chi connectivity index (χ1) is 7.25. The van der Waals surface area contributed by atoms with E-state index in [1.54, 1.807) is 0 Å². The van der Waals surface area contributed by atoms with Crippen molar-refractivity contribution in [3.05, 3.63) is 22.2 Å². The zero-order valence-corrected chi connectivity index (χ0v) is 10.2. The molecule has 1 aromatic heterocycles. The second-order valence-electron chi connectivity index (χ2n) is 4.21. The number of nitrogens with zero attached hydrogens (tertiary/aromatic N) is 3. The summed E-state index contributed by atoms with van der Waals surface area (Å²) in [5, 5.41) is 8.46. The predicted octanol–water partition coefficient (Wildman–Crippen LogP) is 3.23. The molecule has 0 aliphatic heterocycles. The van der Waals surface area contributed by atoms with Crippen molar-refractivity contribution < 1.29 is 0 Å². The van der Waals surface area contributed by atoms with E-state index in [4.69, 9.17) is 0 Å². The van der Waals surface area contributed by atoms with Gasteiger partial charge in [0.25, 0.3) is 0 Å². The fourth-order valence-electron chi connectivity index (χ4n) is 1.96. The van der Waals surface area contributed by atoms with Gasteiger partial charge in [0.05, 0.1) is 11.6 Å². The van der Waals surface area contributed by atoms with Crippen molar-refractivity contribution in [3.63, 3.8) is 0 Å². The zero-order chi connectivity index (χ0) is 10.4. The Morgan fingerprint density at radius 3 is 2.87 bits per heavy atom. The Morgan fingerprint density at radius 1 is 1.40 bits per heavy atom. The van der Waals surface area contributed by atoms with Gasteiger partial charge in [0.15, 0.2) is 0 Å². The van der Waals surface area contributed by atoms with Gasteiger partial charge in [-0.15, -0.1) is 5.10 Å². The van der Waals surface area contributed by atoms with Gasteiger partial charge in [0, 0.05) is 4.47 Å². The molecular weight excluding hydrogens is 254 g/mol. The second kappa shape index (κ2) is 3.30. The predicted molar refractivity (Wildman–Crippen MR) is 62.9 cm³/mol. The summed E-state index contributed by atoms with van der Waals surface area (Å²) in [5.41, 5.74) is 3.36. The van der Waals surface area contributed by atoms with Crippen LogP contribution in [-0.2, 0) is 0 Å². The smallest absolute Gasteiger partial charge is 0.113 e. The summed E-state index contributed by atoms with van der Waals surface area (Å²) in [5.74, 6) is 0. The van der Waals surface area contributed by atoms with Gasteiger partial charge in [0.2, 0.25) is 0 Å². The van der Waals surface area contributed by atoms with E-state index >= 15 is 0 Å². The van der Waals surface area contributed by atoms with E-state index in [9.17, 15) is 0 Å². The van der Waals surface area contributed by atoms with Crippen LogP contribution in [-0.4, -0.2) is 15.0 Å². The molecule has 1 aliphatic rings. The lowest BCUT2D eigenvalue weighted by molar-refractivity contribution is 0.292. The fraction of sp³-hybridized carbons (Fsp3) is 0.455. The second-order valence-corrected chi connectivity index (χ2v) is 5.06. The van der Waals surface area contributed by atoms with Crippen LogP contribution in [0.15, 0.2) is 16.6 Å². The van der Waals surface area contributed by atoms with E-state index < -0.39 is 0 Å². The summed E-state index contributed by atoms with van der Waals surface area (Å²) in [6, 6.07) is 4.79. The van der Waals surface area contributed by atoms with E-state index in [0.717, 1.165) is 15.5 Å². The van der Waals surface area contributed by atoms with Gasteiger partial charge >= 0.3 is 0 Å². The molecule has 3 nitrogen and oxygen atoms in total. The maximum absolute atomic E-state index is 4.25. The Labute approximate surface area is 96.6 Å². The molecule has 0 amide bonds. The quantitative estimate of drug-likeness (QED) is 0.793. The van der Waals surface area contributed by atoms with E-state index in [1.807, 2.05) is 0 Å². The number of halogens is 1. The Bertz CT molecular complexity index is 514. The van der Waals surface area contributed by atoms with Crippen LogP contribution in [0.25, 0.3) is 11.0 Å². The number of fused-ring (bicyclic) bond motifs is 1. The van der Waals surface area contributed by atoms with Gasteiger partial charge in [0.1, 0.15) is 5.52 Å². The van der Waals surface area contributed by atoms with Crippen LogP contribution < -0.4 is 0 Å². The van der Waals surface area contributed by atoms with E-state index in [1.165, 1.54) is 24.8 Å². The lowest BCUT2D eigenvalue weighted by atomic mass is 9.93. The minimum Gasteiger partial charge on any atom is -0.242 e. The summed E-state index contributed by atoms with van der Waals surface area (Å²) in [6.45, 7) is 2.08. The first-order valence-corrected chi connectivity index (χ1v) is 6.06. The van der Waals surface area contributed by atoms with Crippen molar-refractivity contribution in [2.45, 2.75) is 32.2 Å². The van der Waals surface area contributed by atoms with Gasteiger partial charge in [-0.3, -0.25) is 0 Å². The molecule has 2 aromatic rings. The highest BCUT2D eigenvalue weighted by atomic mass is 79.9. The molecule has 0 bridgehead atoms. The number of rotatable bonds is 1. The molecule has 1 heterocycles. The lowest BCUT2D eigenvalue weighted by Gasteiger charge is -2.25. The van der Waals surface area contributed by atoms with Crippen molar-refractivity contribution in [1.29, 1.82) is 0 Å². The van der Waals surface area contributed by atoms with Crippen molar-refractivity contribution in [2.75, 3.05) is 0 Å². The SMILES string of the molecule is Cc1cc2nnn(C3CCC3)c2cc1Br. The van der Waals surface area contributed by atoms with Gasteiger partial charge in [-0.05, 0) is 43.9 Å². The highest BCUT2D eigenvalue weighted by Crippen LogP contribution is 2.34. The summed E-state index contributed by atoms with van der Waals surface area (Å²) in [7, 11) is 0. The summed E-state index contributed by atoms with van der Waals surface area (Å²) >= 11 is 3.56. The molecule has 0 unspecified atom stereocenters. The van der Waals surface area contributed by atoms with Crippen molar-refractivity contribution in [2.24, 2.45) is 0 Å². The van der Waals surface area contributed by atoms with Gasteiger partial charge < -0.3 is 0 Å². The highest BCUT2D eigenvalue weighted by molar-refractivity contribution is 9.10. The maximum atomic E-state index is 4.25. The Hall–Kier alpha value is -0.900. The Kier molecular flexibility index (Phi) is 2.06. The normalized spacial score (nSPS) is 16.9. The Morgan fingerprint density at radius 2 is 2.20 bits per heavy atom. The van der Waals surface area contributed by atoms with Crippen molar-refractivity contribution in [3.8, 4) is 0 Å². The van der Waals surface area contributed by atoms with Crippen LogP contribution in [0, 0.1) is 6.92 Å². The molecule has 1 fully saturated rings. The largest absolute Gasteiger partial charge is 0.242 e. The molecule has 0 spiro atoms. The highest BCUT2D eigenvalue weighted by Gasteiger charge is 2.22. The third-order valence-corrected chi connectivity index (χ3v) is 4.03. The molecule has 4 heteroatoms. The van der Waals surface area contributed by atoms with E-state index in [0.29, 0.717) is 6.04 Å².